The van der Waals surface area contributed by atoms with Gasteiger partial charge in [-0.25, -0.2) is 0 Å². The average molecular weight is 310 g/mol. The van der Waals surface area contributed by atoms with Gasteiger partial charge >= 0.3 is 0 Å². The van der Waals surface area contributed by atoms with E-state index in [1.807, 2.05) is 24.3 Å². The van der Waals surface area contributed by atoms with Crippen molar-refractivity contribution in [1.29, 1.82) is 0 Å². The highest BCUT2D eigenvalue weighted by molar-refractivity contribution is 7.16. The Morgan fingerprint density at radius 3 is 2.60 bits per heavy atom. The van der Waals surface area contributed by atoms with Crippen LogP contribution in [-0.4, -0.2) is 13.2 Å². The summed E-state index contributed by atoms with van der Waals surface area (Å²) in [5.74, 6) is 0.936. The van der Waals surface area contributed by atoms with Crippen molar-refractivity contribution in [1.82, 2.24) is 5.32 Å². The molecule has 20 heavy (non-hydrogen) atoms. The largest absolute Gasteiger partial charge is 0.492 e. The van der Waals surface area contributed by atoms with E-state index in [0.717, 1.165) is 29.6 Å². The molecule has 0 bridgehead atoms. The lowest BCUT2D eigenvalue weighted by atomic mass is 10.1. The highest BCUT2D eigenvalue weighted by Crippen LogP contribution is 2.20. The van der Waals surface area contributed by atoms with Crippen molar-refractivity contribution in [2.75, 3.05) is 13.2 Å². The van der Waals surface area contributed by atoms with Crippen molar-refractivity contribution in [3.63, 3.8) is 0 Å². The van der Waals surface area contributed by atoms with Crippen molar-refractivity contribution in [2.24, 2.45) is 0 Å². The molecule has 0 fully saturated rings. The van der Waals surface area contributed by atoms with E-state index in [2.05, 4.69) is 24.4 Å². The van der Waals surface area contributed by atoms with E-state index < -0.39 is 0 Å². The summed E-state index contributed by atoms with van der Waals surface area (Å²) in [4.78, 5) is 1.25. The lowest BCUT2D eigenvalue weighted by Crippen LogP contribution is -2.20. The van der Waals surface area contributed by atoms with E-state index in [0.29, 0.717) is 6.61 Å². The van der Waals surface area contributed by atoms with E-state index >= 15 is 0 Å². The number of benzene rings is 1. The Morgan fingerprint density at radius 2 is 1.95 bits per heavy atom. The van der Waals surface area contributed by atoms with E-state index in [1.165, 1.54) is 16.9 Å². The Balaban J connectivity index is 1.63. The Hall–Kier alpha value is -1.03. The van der Waals surface area contributed by atoms with Gasteiger partial charge in [0.2, 0.25) is 0 Å². The van der Waals surface area contributed by atoms with Crippen molar-refractivity contribution in [2.45, 2.75) is 26.3 Å². The molecule has 0 atom stereocenters. The molecule has 0 saturated carbocycles. The fourth-order valence-electron chi connectivity index (χ4n) is 1.94. The molecule has 2 aromatic rings. The summed E-state index contributed by atoms with van der Waals surface area (Å²) in [6.45, 7) is 4.53. The molecule has 1 heterocycles. The molecule has 108 valence electrons. The number of thiophene rings is 1. The number of hydrogen-bond donors (Lipinski definition) is 1. The van der Waals surface area contributed by atoms with Crippen molar-refractivity contribution in [3.8, 4) is 5.75 Å². The Labute approximate surface area is 129 Å². The minimum atomic E-state index is 0.673. The van der Waals surface area contributed by atoms with Gasteiger partial charge in [0.1, 0.15) is 12.4 Å². The summed E-state index contributed by atoms with van der Waals surface area (Å²) < 4.78 is 6.54. The monoisotopic (exact) mass is 309 g/mol. The van der Waals surface area contributed by atoms with Crippen LogP contribution in [0.25, 0.3) is 0 Å². The molecule has 0 radical (unpaired) electrons. The van der Waals surface area contributed by atoms with Gasteiger partial charge in [-0.15, -0.1) is 11.3 Å². The minimum Gasteiger partial charge on any atom is -0.492 e. The third kappa shape index (κ3) is 5.16. The van der Waals surface area contributed by atoms with Crippen molar-refractivity contribution >= 4 is 22.9 Å². The molecule has 0 aliphatic carbocycles. The number of ether oxygens (including phenoxy) is 1. The predicted octanol–water partition coefficient (Wildman–Crippen LogP) is 4.52. The number of hydrogen-bond acceptors (Lipinski definition) is 3. The molecule has 4 heteroatoms. The Bertz CT molecular complexity index is 509. The molecule has 2 nitrogen and oxygen atoms in total. The first-order chi connectivity index (χ1) is 9.78. The summed E-state index contributed by atoms with van der Waals surface area (Å²) in [7, 11) is 0. The number of halogens is 1. The van der Waals surface area contributed by atoms with Gasteiger partial charge in [0, 0.05) is 18.0 Å². The lowest BCUT2D eigenvalue weighted by molar-refractivity contribution is 0.314. The number of aryl methyl sites for hydroxylation is 1. The SMILES string of the molecule is CCCc1ccc(OCCNCc2ccc(Cl)s2)cc1. The molecule has 0 aliphatic heterocycles. The van der Waals surface area contributed by atoms with Crippen LogP contribution < -0.4 is 10.1 Å². The number of rotatable bonds is 8. The lowest BCUT2D eigenvalue weighted by Gasteiger charge is -2.07. The smallest absolute Gasteiger partial charge is 0.119 e. The Kier molecular flexibility index (Phi) is 6.37. The van der Waals surface area contributed by atoms with Crippen LogP contribution in [0, 0.1) is 0 Å². The summed E-state index contributed by atoms with van der Waals surface area (Å²) >= 11 is 7.49. The standard InChI is InChI=1S/C16H20ClNOS/c1-2-3-13-4-6-14(7-5-13)19-11-10-18-12-15-8-9-16(17)20-15/h4-9,18H,2-3,10-12H2,1H3. The Morgan fingerprint density at radius 1 is 1.15 bits per heavy atom. The first-order valence-corrected chi connectivity index (χ1v) is 8.14. The molecule has 1 aromatic carbocycles. The topological polar surface area (TPSA) is 21.3 Å². The van der Waals surface area contributed by atoms with E-state index in [9.17, 15) is 0 Å². The second-order valence-corrected chi connectivity index (χ2v) is 6.42. The molecule has 0 saturated heterocycles. The van der Waals surface area contributed by atoms with Gasteiger partial charge in [0.25, 0.3) is 0 Å². The molecule has 0 unspecified atom stereocenters. The summed E-state index contributed by atoms with van der Waals surface area (Å²) in [5.41, 5.74) is 1.37. The maximum atomic E-state index is 5.88. The van der Waals surface area contributed by atoms with Crippen LogP contribution in [0.1, 0.15) is 23.8 Å². The molecule has 0 spiro atoms. The zero-order valence-electron chi connectivity index (χ0n) is 11.7. The first-order valence-electron chi connectivity index (χ1n) is 6.94. The van der Waals surface area contributed by atoms with Gasteiger partial charge in [-0.1, -0.05) is 37.1 Å². The molecule has 1 aromatic heterocycles. The quantitative estimate of drug-likeness (QED) is 0.724. The normalized spacial score (nSPS) is 10.7. The summed E-state index contributed by atoms with van der Waals surface area (Å²) in [6, 6.07) is 12.3. The van der Waals surface area contributed by atoms with Crippen LogP contribution in [0.2, 0.25) is 4.34 Å². The highest BCUT2D eigenvalue weighted by atomic mass is 35.5. The van der Waals surface area contributed by atoms with Crippen LogP contribution in [0.15, 0.2) is 36.4 Å². The second kappa shape index (κ2) is 8.30. The van der Waals surface area contributed by atoms with E-state index in [4.69, 9.17) is 16.3 Å². The van der Waals surface area contributed by atoms with Gasteiger partial charge in [-0.2, -0.15) is 0 Å². The van der Waals surface area contributed by atoms with Gasteiger partial charge in [0.05, 0.1) is 4.34 Å². The molecular formula is C16H20ClNOS. The maximum Gasteiger partial charge on any atom is 0.119 e. The third-order valence-electron chi connectivity index (χ3n) is 2.94. The van der Waals surface area contributed by atoms with Crippen LogP contribution in [0.3, 0.4) is 0 Å². The molecular weight excluding hydrogens is 290 g/mol. The van der Waals surface area contributed by atoms with Gasteiger partial charge in [-0.3, -0.25) is 0 Å². The van der Waals surface area contributed by atoms with E-state index in [-0.39, 0.29) is 0 Å². The van der Waals surface area contributed by atoms with Crippen molar-refractivity contribution < 1.29 is 4.74 Å². The van der Waals surface area contributed by atoms with Gasteiger partial charge in [0.15, 0.2) is 0 Å². The average Bonchev–Trinajstić information content (AvgIpc) is 2.86. The van der Waals surface area contributed by atoms with Crippen molar-refractivity contribution in [3.05, 3.63) is 51.2 Å². The van der Waals surface area contributed by atoms with Gasteiger partial charge in [-0.05, 0) is 36.2 Å². The molecule has 2 rings (SSSR count). The first kappa shape index (κ1) is 15.4. The van der Waals surface area contributed by atoms with Gasteiger partial charge < -0.3 is 10.1 Å². The fraction of sp³-hybridized carbons (Fsp3) is 0.375. The summed E-state index contributed by atoms with van der Waals surface area (Å²) in [6.07, 6.45) is 2.31. The predicted molar refractivity (Wildman–Crippen MR) is 87.0 cm³/mol. The maximum absolute atomic E-state index is 5.88. The van der Waals surface area contributed by atoms with Crippen LogP contribution in [0.5, 0.6) is 5.75 Å². The van der Waals surface area contributed by atoms with E-state index in [1.54, 1.807) is 11.3 Å². The molecule has 0 amide bonds. The molecule has 0 aliphatic rings. The molecule has 1 N–H and O–H groups in total. The number of nitrogens with one attached hydrogen (secondary N) is 1. The minimum absolute atomic E-state index is 0.673. The fourth-order valence-corrected chi connectivity index (χ4v) is 3.00. The van der Waals surface area contributed by atoms with Crippen LogP contribution >= 0.6 is 22.9 Å². The van der Waals surface area contributed by atoms with Crippen LogP contribution in [-0.2, 0) is 13.0 Å². The van der Waals surface area contributed by atoms with Crippen LogP contribution in [0.4, 0.5) is 0 Å². The second-order valence-electron chi connectivity index (χ2n) is 4.63. The zero-order valence-corrected chi connectivity index (χ0v) is 13.3. The summed E-state index contributed by atoms with van der Waals surface area (Å²) in [5, 5.41) is 3.34. The zero-order chi connectivity index (χ0) is 14.2. The third-order valence-corrected chi connectivity index (χ3v) is 4.17. The highest BCUT2D eigenvalue weighted by Gasteiger charge is 1.98.